The largest absolute Gasteiger partial charge is 0.179 e. The summed E-state index contributed by atoms with van der Waals surface area (Å²) < 4.78 is 0. The van der Waals surface area contributed by atoms with Gasteiger partial charge in [-0.15, -0.1) is 0 Å². The highest BCUT2D eigenvalue weighted by Gasteiger charge is 2.42. The first-order chi connectivity index (χ1) is 41.6. The lowest BCUT2D eigenvalue weighted by molar-refractivity contribution is 1.62. The molecular weight excluding hydrogens is 1040 g/mol. The highest BCUT2D eigenvalue weighted by atomic mass is 28.3. The Kier molecular flexibility index (Phi) is 13.0. The summed E-state index contributed by atoms with van der Waals surface area (Å²) in [5.74, 6) is 0. The van der Waals surface area contributed by atoms with E-state index in [0.717, 1.165) is 0 Å². The Balaban J connectivity index is 0.752. The Hall–Kier alpha value is -10.2. The van der Waals surface area contributed by atoms with Crippen molar-refractivity contribution in [3.8, 4) is 44.5 Å². The summed E-state index contributed by atoms with van der Waals surface area (Å²) in [6.45, 7) is 0. The minimum atomic E-state index is -2.65. The van der Waals surface area contributed by atoms with Gasteiger partial charge in [-0.3, -0.25) is 0 Å². The number of hydrogen-bond acceptors (Lipinski definition) is 0. The first-order valence-electron chi connectivity index (χ1n) is 29.2. The van der Waals surface area contributed by atoms with Crippen LogP contribution in [0.2, 0.25) is 0 Å². The van der Waals surface area contributed by atoms with Gasteiger partial charge in [-0.25, -0.2) is 0 Å². The highest BCUT2D eigenvalue weighted by Crippen LogP contribution is 2.44. The van der Waals surface area contributed by atoms with Crippen LogP contribution in [-0.4, -0.2) is 16.1 Å². The van der Waals surface area contributed by atoms with Crippen LogP contribution in [0, 0.1) is 0 Å². The summed E-state index contributed by atoms with van der Waals surface area (Å²) in [7, 11) is -5.29. The molecule has 0 heterocycles. The molecule has 84 heavy (non-hydrogen) atoms. The van der Waals surface area contributed by atoms with Gasteiger partial charge in [0.25, 0.3) is 0 Å². The van der Waals surface area contributed by atoms with Crippen molar-refractivity contribution in [3.05, 3.63) is 352 Å². The first-order valence-corrected chi connectivity index (χ1v) is 33.2. The van der Waals surface area contributed by atoms with Crippen molar-refractivity contribution >= 4 is 101 Å². The van der Waals surface area contributed by atoms with E-state index in [4.69, 9.17) is 0 Å². The van der Waals surface area contributed by atoms with Crippen molar-refractivity contribution in [2.24, 2.45) is 0 Å². The van der Waals surface area contributed by atoms with Gasteiger partial charge in [-0.1, -0.05) is 340 Å². The van der Waals surface area contributed by atoms with Gasteiger partial charge in [-0.2, -0.15) is 0 Å². The molecule has 0 fully saturated rings. The molecule has 0 saturated heterocycles. The van der Waals surface area contributed by atoms with Crippen LogP contribution in [-0.2, 0) is 0 Å². The second kappa shape index (κ2) is 21.6. The van der Waals surface area contributed by atoms with Crippen LogP contribution >= 0.6 is 0 Å². The second-order valence-electron chi connectivity index (χ2n) is 22.2. The molecular formula is C82H58Si2. The molecule has 0 aliphatic carbocycles. The van der Waals surface area contributed by atoms with Gasteiger partial charge >= 0.3 is 0 Å². The third kappa shape index (κ3) is 8.66. The summed E-state index contributed by atoms with van der Waals surface area (Å²) in [5.41, 5.74) is 9.75. The maximum absolute atomic E-state index is 2.65. The number of hydrogen-bond donors (Lipinski definition) is 0. The smallest absolute Gasteiger partial charge is 0.0623 e. The Morgan fingerprint density at radius 1 is 0.143 bits per heavy atom. The molecule has 2 heteroatoms. The Morgan fingerprint density at radius 3 is 0.631 bits per heavy atom. The van der Waals surface area contributed by atoms with E-state index in [1.165, 1.54) is 129 Å². The maximum atomic E-state index is 2.46. The molecule has 0 spiro atoms. The fourth-order valence-electron chi connectivity index (χ4n) is 13.9. The second-order valence-corrected chi connectivity index (χ2v) is 29.9. The average Bonchev–Trinajstić information content (AvgIpc) is 1.05. The van der Waals surface area contributed by atoms with Crippen LogP contribution in [0.15, 0.2) is 352 Å². The van der Waals surface area contributed by atoms with E-state index in [1.54, 1.807) is 0 Å². The van der Waals surface area contributed by atoms with Gasteiger partial charge in [0.1, 0.15) is 0 Å². The number of fused-ring (bicyclic) bond motifs is 4. The number of benzene rings is 15. The summed E-state index contributed by atoms with van der Waals surface area (Å²) >= 11 is 0. The molecule has 15 aromatic carbocycles. The van der Waals surface area contributed by atoms with Gasteiger partial charge in [0.05, 0.1) is 0 Å². The van der Waals surface area contributed by atoms with Crippen molar-refractivity contribution in [1.29, 1.82) is 0 Å². The zero-order valence-corrected chi connectivity index (χ0v) is 48.5. The lowest BCUT2D eigenvalue weighted by Gasteiger charge is -2.34. The third-order valence-corrected chi connectivity index (χ3v) is 27.3. The molecule has 0 bridgehead atoms. The van der Waals surface area contributed by atoms with Crippen molar-refractivity contribution in [2.45, 2.75) is 0 Å². The Labute approximate surface area is 493 Å². The molecule has 15 rings (SSSR count). The minimum Gasteiger partial charge on any atom is -0.0623 e. The maximum Gasteiger partial charge on any atom is 0.179 e. The molecule has 0 unspecified atom stereocenters. The topological polar surface area (TPSA) is 0 Å². The van der Waals surface area contributed by atoms with Gasteiger partial charge in [0.2, 0.25) is 0 Å². The van der Waals surface area contributed by atoms with Crippen LogP contribution in [0.5, 0.6) is 0 Å². The van der Waals surface area contributed by atoms with Gasteiger partial charge in [0.15, 0.2) is 16.1 Å². The van der Waals surface area contributed by atoms with Gasteiger partial charge < -0.3 is 0 Å². The van der Waals surface area contributed by atoms with Crippen LogP contribution in [0.1, 0.15) is 0 Å². The fourth-order valence-corrected chi connectivity index (χ4v) is 23.4. The quantitative estimate of drug-likeness (QED) is 0.0650. The molecule has 0 atom stereocenters. The van der Waals surface area contributed by atoms with E-state index in [9.17, 15) is 0 Å². The molecule has 0 amide bonds. The van der Waals surface area contributed by atoms with Gasteiger partial charge in [-0.05, 0) is 141 Å². The van der Waals surface area contributed by atoms with Crippen LogP contribution in [0.3, 0.4) is 0 Å². The lowest BCUT2D eigenvalue weighted by atomic mass is 9.85. The third-order valence-electron chi connectivity index (χ3n) is 17.7. The van der Waals surface area contributed by atoms with E-state index >= 15 is 0 Å². The zero-order chi connectivity index (χ0) is 55.9. The molecule has 0 aromatic heterocycles. The Bertz CT molecular complexity index is 4270. The van der Waals surface area contributed by atoms with E-state index in [0.29, 0.717) is 0 Å². The van der Waals surface area contributed by atoms with E-state index < -0.39 is 16.1 Å². The lowest BCUT2D eigenvalue weighted by Crippen LogP contribution is -2.74. The molecule has 0 N–H and O–H groups in total. The van der Waals surface area contributed by atoms with Crippen LogP contribution in [0.25, 0.3) is 87.6 Å². The SMILES string of the molecule is c1ccc([Si](c2ccccc2)(c2ccccc2)c2ccc3cc(-c4ccc(-c5c6ccccc6c(-c6ccc(-c7ccc8cc([Si](c9ccccc9)(c9ccccc9)c9ccccc9)ccc8c7)cc6)c6ccccc56)cc4)ccc3c2)cc1. The summed E-state index contributed by atoms with van der Waals surface area (Å²) in [6, 6.07) is 132. The molecule has 0 radical (unpaired) electrons. The van der Waals surface area contributed by atoms with E-state index in [1.807, 2.05) is 0 Å². The van der Waals surface area contributed by atoms with Crippen molar-refractivity contribution in [2.75, 3.05) is 0 Å². The number of rotatable bonds is 12. The predicted molar refractivity (Wildman–Crippen MR) is 365 cm³/mol. The van der Waals surface area contributed by atoms with Crippen LogP contribution < -0.4 is 41.5 Å². The molecule has 0 nitrogen and oxygen atoms in total. The minimum absolute atomic E-state index is 1.20. The fraction of sp³-hybridized carbons (Fsp3) is 0. The van der Waals surface area contributed by atoms with Crippen molar-refractivity contribution in [1.82, 2.24) is 0 Å². The summed E-state index contributed by atoms with van der Waals surface area (Å²) in [4.78, 5) is 0. The zero-order valence-electron chi connectivity index (χ0n) is 46.5. The standard InChI is InChI=1S/C82H58Si2/c1-7-23-69(24-8-1)83(70-25-9-2-10-26-70,71-27-11-3-12-28-71)75-53-51-65-55-63(47-49-67(65)57-75)59-39-43-61(44-40-59)81-77-35-19-21-37-79(77)82(80-38-22-20-36-78(80)81)62-45-41-60(42-46-62)64-48-50-68-58-76(54-52-66(68)56-64)84(72-29-13-4-14-30-72,73-31-15-5-16-32-73)74-33-17-6-18-34-74/h1-58H. The van der Waals surface area contributed by atoms with Crippen LogP contribution in [0.4, 0.5) is 0 Å². The van der Waals surface area contributed by atoms with Gasteiger partial charge in [0, 0.05) is 0 Å². The highest BCUT2D eigenvalue weighted by molar-refractivity contribution is 7.20. The van der Waals surface area contributed by atoms with E-state index in [2.05, 4.69) is 352 Å². The van der Waals surface area contributed by atoms with Crippen molar-refractivity contribution < 1.29 is 0 Å². The summed E-state index contributed by atoms with van der Waals surface area (Å²) in [5, 5.41) is 21.0. The normalized spacial score (nSPS) is 11.8. The average molecular weight is 1100 g/mol. The van der Waals surface area contributed by atoms with E-state index in [-0.39, 0.29) is 0 Å². The molecule has 0 aliphatic heterocycles. The molecule has 394 valence electrons. The predicted octanol–water partition coefficient (Wildman–Crippen LogP) is 15.7. The monoisotopic (exact) mass is 1100 g/mol. The molecule has 0 saturated carbocycles. The Morgan fingerprint density at radius 2 is 0.357 bits per heavy atom. The van der Waals surface area contributed by atoms with Crippen molar-refractivity contribution in [3.63, 3.8) is 0 Å². The molecule has 0 aliphatic rings. The first kappa shape index (κ1) is 50.7. The molecule has 15 aromatic rings. The summed E-state index contributed by atoms with van der Waals surface area (Å²) in [6.07, 6.45) is 0.